The molecule has 0 heterocycles. The third-order valence-electron chi connectivity index (χ3n) is 2.69. The van der Waals surface area contributed by atoms with Gasteiger partial charge in [-0.25, -0.2) is 4.79 Å². The number of urea groups is 1. The second kappa shape index (κ2) is 5.31. The van der Waals surface area contributed by atoms with Crippen LogP contribution in [-0.2, 0) is 15.0 Å². The van der Waals surface area contributed by atoms with Crippen molar-refractivity contribution in [2.24, 2.45) is 0 Å². The number of carboxylic acids is 1. The molecule has 0 aromatic heterocycles. The summed E-state index contributed by atoms with van der Waals surface area (Å²) in [6.07, 6.45) is 0. The van der Waals surface area contributed by atoms with Gasteiger partial charge in [-0.2, -0.15) is 0 Å². The molecule has 0 unspecified atom stereocenters. The zero-order chi connectivity index (χ0) is 13.8. The van der Waals surface area contributed by atoms with Crippen molar-refractivity contribution >= 4 is 17.9 Å². The fourth-order valence-corrected chi connectivity index (χ4v) is 1.41. The summed E-state index contributed by atoms with van der Waals surface area (Å²) in [5.41, 5.74) is -1.51. The molecule has 0 aliphatic carbocycles. The van der Waals surface area contributed by atoms with E-state index in [0.29, 0.717) is 5.56 Å². The highest BCUT2D eigenvalue weighted by atomic mass is 16.4. The molecule has 0 saturated carbocycles. The van der Waals surface area contributed by atoms with Crippen LogP contribution in [0.4, 0.5) is 4.79 Å². The van der Waals surface area contributed by atoms with Crippen LogP contribution >= 0.6 is 0 Å². The minimum Gasteiger partial charge on any atom is -0.480 e. The predicted octanol–water partition coefficient (Wildman–Crippen LogP) is 0.484. The molecule has 1 atom stereocenters. The van der Waals surface area contributed by atoms with Gasteiger partial charge in [0.25, 0.3) is 0 Å². The summed E-state index contributed by atoms with van der Waals surface area (Å²) in [4.78, 5) is 34.4. The number of carbonyl (C=O) groups excluding carboxylic acids is 2. The van der Waals surface area contributed by atoms with Crippen molar-refractivity contribution in [3.05, 3.63) is 35.9 Å². The Morgan fingerprint density at radius 1 is 1.17 bits per heavy atom. The largest absolute Gasteiger partial charge is 0.480 e. The molecule has 1 aromatic carbocycles. The SMILES string of the molecule is CNC(=O)NC(=O)[C@@](C)(C(=O)O)c1ccccc1. The van der Waals surface area contributed by atoms with E-state index in [1.807, 2.05) is 5.32 Å². The van der Waals surface area contributed by atoms with Crippen LogP contribution in [0.3, 0.4) is 0 Å². The van der Waals surface area contributed by atoms with Gasteiger partial charge in [0.2, 0.25) is 5.91 Å². The lowest BCUT2D eigenvalue weighted by atomic mass is 9.81. The number of amides is 3. The molecule has 6 nitrogen and oxygen atoms in total. The normalized spacial score (nSPS) is 13.2. The third-order valence-corrected chi connectivity index (χ3v) is 2.69. The predicted molar refractivity (Wildman–Crippen MR) is 64.0 cm³/mol. The molecule has 0 saturated heterocycles. The van der Waals surface area contributed by atoms with Crippen molar-refractivity contribution in [1.29, 1.82) is 0 Å². The fraction of sp³-hybridized carbons (Fsp3) is 0.250. The molecule has 3 amide bonds. The van der Waals surface area contributed by atoms with Gasteiger partial charge in [-0.15, -0.1) is 0 Å². The standard InChI is InChI=1S/C12H14N2O4/c1-12(10(16)17,8-6-4-3-5-7-8)9(15)14-11(18)13-2/h3-7H,1-2H3,(H,16,17)(H2,13,14,15,18)/t12-/m0/s1. The average Bonchev–Trinajstić information content (AvgIpc) is 2.38. The summed E-state index contributed by atoms with van der Waals surface area (Å²) in [7, 11) is 1.34. The second-order valence-electron chi connectivity index (χ2n) is 3.83. The Labute approximate surface area is 104 Å². The molecule has 6 heteroatoms. The molecule has 1 rings (SSSR count). The lowest BCUT2D eigenvalue weighted by Gasteiger charge is -2.23. The second-order valence-corrected chi connectivity index (χ2v) is 3.83. The number of rotatable bonds is 3. The van der Waals surface area contributed by atoms with Crippen molar-refractivity contribution in [3.8, 4) is 0 Å². The quantitative estimate of drug-likeness (QED) is 0.680. The maximum absolute atomic E-state index is 11.9. The van der Waals surface area contributed by atoms with Crippen molar-refractivity contribution < 1.29 is 19.5 Å². The van der Waals surface area contributed by atoms with E-state index < -0.39 is 23.3 Å². The highest BCUT2D eigenvalue weighted by molar-refractivity contribution is 6.12. The highest BCUT2D eigenvalue weighted by Gasteiger charge is 2.43. The van der Waals surface area contributed by atoms with Crippen LogP contribution in [0.2, 0.25) is 0 Å². The van der Waals surface area contributed by atoms with Crippen LogP contribution in [0.15, 0.2) is 30.3 Å². The summed E-state index contributed by atoms with van der Waals surface area (Å²) in [6.45, 7) is 1.25. The van der Waals surface area contributed by atoms with Gasteiger partial charge >= 0.3 is 12.0 Å². The first-order valence-electron chi connectivity index (χ1n) is 5.25. The Morgan fingerprint density at radius 3 is 2.17 bits per heavy atom. The number of carbonyl (C=O) groups is 3. The van der Waals surface area contributed by atoms with Gasteiger partial charge in [0.05, 0.1) is 0 Å². The van der Waals surface area contributed by atoms with Gasteiger partial charge < -0.3 is 10.4 Å². The van der Waals surface area contributed by atoms with E-state index in [2.05, 4.69) is 5.32 Å². The molecular weight excluding hydrogens is 236 g/mol. The molecule has 0 fully saturated rings. The van der Waals surface area contributed by atoms with Crippen LogP contribution in [0.5, 0.6) is 0 Å². The van der Waals surface area contributed by atoms with Gasteiger partial charge in [-0.3, -0.25) is 14.9 Å². The molecule has 18 heavy (non-hydrogen) atoms. The van der Waals surface area contributed by atoms with Crippen LogP contribution < -0.4 is 10.6 Å². The third kappa shape index (κ3) is 2.48. The van der Waals surface area contributed by atoms with E-state index in [0.717, 1.165) is 0 Å². The van der Waals surface area contributed by atoms with Crippen molar-refractivity contribution in [2.45, 2.75) is 12.3 Å². The molecule has 0 spiro atoms. The van der Waals surface area contributed by atoms with Crippen LogP contribution in [0.25, 0.3) is 0 Å². The number of hydrogen-bond acceptors (Lipinski definition) is 3. The molecule has 0 radical (unpaired) electrons. The fourth-order valence-electron chi connectivity index (χ4n) is 1.41. The van der Waals surface area contributed by atoms with Gasteiger partial charge in [0.1, 0.15) is 0 Å². The van der Waals surface area contributed by atoms with E-state index in [1.54, 1.807) is 18.2 Å². The Bertz CT molecular complexity index is 472. The van der Waals surface area contributed by atoms with E-state index in [9.17, 15) is 19.5 Å². The molecule has 3 N–H and O–H groups in total. The lowest BCUT2D eigenvalue weighted by Crippen LogP contribution is -2.51. The zero-order valence-electron chi connectivity index (χ0n) is 10.1. The van der Waals surface area contributed by atoms with Gasteiger partial charge in [0.15, 0.2) is 5.41 Å². The van der Waals surface area contributed by atoms with Crippen molar-refractivity contribution in [1.82, 2.24) is 10.6 Å². The average molecular weight is 250 g/mol. The van der Waals surface area contributed by atoms with Gasteiger partial charge in [0, 0.05) is 7.05 Å². The molecule has 0 aliphatic heterocycles. The number of nitrogens with one attached hydrogen (secondary N) is 2. The minimum absolute atomic E-state index is 0.305. The molecule has 0 bridgehead atoms. The first-order chi connectivity index (χ1) is 8.42. The minimum atomic E-state index is -1.81. The summed E-state index contributed by atoms with van der Waals surface area (Å²) in [6, 6.07) is 7.27. The summed E-state index contributed by atoms with van der Waals surface area (Å²) < 4.78 is 0. The van der Waals surface area contributed by atoms with E-state index in [-0.39, 0.29) is 0 Å². The van der Waals surface area contributed by atoms with Crippen molar-refractivity contribution in [3.63, 3.8) is 0 Å². The topological polar surface area (TPSA) is 95.5 Å². The van der Waals surface area contributed by atoms with Crippen molar-refractivity contribution in [2.75, 3.05) is 7.05 Å². The van der Waals surface area contributed by atoms with Gasteiger partial charge in [-0.1, -0.05) is 30.3 Å². The number of benzene rings is 1. The smallest absolute Gasteiger partial charge is 0.323 e. The monoisotopic (exact) mass is 250 g/mol. The summed E-state index contributed by atoms with van der Waals surface area (Å²) in [5, 5.41) is 13.4. The Hall–Kier alpha value is -2.37. The number of carboxylic acid groups (broad SMARTS) is 1. The molecule has 0 aliphatic rings. The van der Waals surface area contributed by atoms with Crippen LogP contribution in [-0.4, -0.2) is 30.1 Å². The van der Waals surface area contributed by atoms with E-state index in [4.69, 9.17) is 0 Å². The summed E-state index contributed by atoms with van der Waals surface area (Å²) >= 11 is 0. The maximum atomic E-state index is 11.9. The van der Waals surface area contributed by atoms with Crippen LogP contribution in [0, 0.1) is 0 Å². The lowest BCUT2D eigenvalue weighted by molar-refractivity contribution is -0.148. The Balaban J connectivity index is 3.13. The zero-order valence-corrected chi connectivity index (χ0v) is 10.1. The number of imide groups is 1. The first kappa shape index (κ1) is 13.7. The van der Waals surface area contributed by atoms with Crippen LogP contribution in [0.1, 0.15) is 12.5 Å². The molecular formula is C12H14N2O4. The molecule has 1 aromatic rings. The van der Waals surface area contributed by atoms with Gasteiger partial charge in [-0.05, 0) is 12.5 Å². The Kier molecular flexibility index (Phi) is 4.04. The van der Waals surface area contributed by atoms with E-state index in [1.165, 1.54) is 26.1 Å². The van der Waals surface area contributed by atoms with E-state index >= 15 is 0 Å². The number of aliphatic carboxylic acids is 1. The molecule has 96 valence electrons. The number of hydrogen-bond donors (Lipinski definition) is 3. The first-order valence-corrected chi connectivity index (χ1v) is 5.25. The Morgan fingerprint density at radius 2 is 1.72 bits per heavy atom. The maximum Gasteiger partial charge on any atom is 0.323 e. The summed E-state index contributed by atoms with van der Waals surface area (Å²) in [5.74, 6) is -2.21. The highest BCUT2D eigenvalue weighted by Crippen LogP contribution is 2.24.